The highest BCUT2D eigenvalue weighted by atomic mass is 35.5. The number of amides is 1. The zero-order chi connectivity index (χ0) is 16.0. The van der Waals surface area contributed by atoms with Gasteiger partial charge in [-0.2, -0.15) is 0 Å². The second-order valence-corrected chi connectivity index (χ2v) is 6.28. The monoisotopic (exact) mass is 342 g/mol. The molecule has 1 aliphatic rings. The van der Waals surface area contributed by atoms with E-state index < -0.39 is 0 Å². The Morgan fingerprint density at radius 2 is 1.83 bits per heavy atom. The fraction of sp³-hybridized carbons (Fsp3) is 0.111. The van der Waals surface area contributed by atoms with Crippen molar-refractivity contribution in [2.24, 2.45) is 0 Å². The molecule has 1 aromatic heterocycles. The number of rotatable bonds is 1. The molecule has 0 spiro atoms. The zero-order valence-electron chi connectivity index (χ0n) is 12.1. The predicted octanol–water partition coefficient (Wildman–Crippen LogP) is 4.74. The molecule has 1 amide bonds. The lowest BCUT2D eigenvalue weighted by Gasteiger charge is -2.17. The van der Waals surface area contributed by atoms with Crippen molar-refractivity contribution in [3.05, 3.63) is 69.7 Å². The first kappa shape index (κ1) is 14.5. The number of pyridine rings is 1. The van der Waals surface area contributed by atoms with E-state index in [-0.39, 0.29) is 5.91 Å². The fourth-order valence-corrected chi connectivity index (χ4v) is 3.37. The Labute approximate surface area is 143 Å². The summed E-state index contributed by atoms with van der Waals surface area (Å²) in [6, 6.07) is 14.8. The first-order valence-corrected chi connectivity index (χ1v) is 8.05. The Morgan fingerprint density at radius 1 is 1.04 bits per heavy atom. The van der Waals surface area contributed by atoms with Crippen molar-refractivity contribution in [2.45, 2.75) is 6.42 Å². The van der Waals surface area contributed by atoms with E-state index in [1.165, 1.54) is 0 Å². The Hall–Kier alpha value is -2.10. The maximum Gasteiger partial charge on any atom is 0.260 e. The van der Waals surface area contributed by atoms with E-state index in [1.807, 2.05) is 18.2 Å². The number of carbonyl (C=O) groups excluding carboxylic acids is 1. The molecule has 23 heavy (non-hydrogen) atoms. The number of fused-ring (bicyclic) bond motifs is 2. The van der Waals surface area contributed by atoms with Crippen LogP contribution in [0.1, 0.15) is 15.9 Å². The highest BCUT2D eigenvalue weighted by Gasteiger charge is 2.28. The minimum atomic E-state index is -0.131. The van der Waals surface area contributed by atoms with Crippen LogP contribution in [0.2, 0.25) is 10.0 Å². The quantitative estimate of drug-likeness (QED) is 0.639. The van der Waals surface area contributed by atoms with Crippen LogP contribution in [0, 0.1) is 0 Å². The van der Waals surface area contributed by atoms with Crippen LogP contribution < -0.4 is 4.90 Å². The molecular weight excluding hydrogens is 331 g/mol. The van der Waals surface area contributed by atoms with Gasteiger partial charge in [0, 0.05) is 11.9 Å². The van der Waals surface area contributed by atoms with E-state index in [9.17, 15) is 4.79 Å². The van der Waals surface area contributed by atoms with E-state index in [1.54, 1.807) is 29.2 Å². The van der Waals surface area contributed by atoms with E-state index in [0.29, 0.717) is 33.5 Å². The molecule has 0 saturated heterocycles. The maximum atomic E-state index is 12.8. The van der Waals surface area contributed by atoms with Crippen LogP contribution in [0.15, 0.2) is 48.5 Å². The van der Waals surface area contributed by atoms with Crippen molar-refractivity contribution < 1.29 is 4.79 Å². The summed E-state index contributed by atoms with van der Waals surface area (Å²) in [6.45, 7) is 0.598. The van der Waals surface area contributed by atoms with Gasteiger partial charge in [0.1, 0.15) is 5.82 Å². The van der Waals surface area contributed by atoms with Gasteiger partial charge in [0.2, 0.25) is 0 Å². The van der Waals surface area contributed by atoms with Crippen LogP contribution in [0.25, 0.3) is 10.9 Å². The first-order chi connectivity index (χ1) is 11.1. The van der Waals surface area contributed by atoms with Gasteiger partial charge in [-0.15, -0.1) is 0 Å². The summed E-state index contributed by atoms with van der Waals surface area (Å²) >= 11 is 12.4. The second kappa shape index (κ2) is 5.52. The number of nitrogens with zero attached hydrogens (tertiary/aromatic N) is 2. The topological polar surface area (TPSA) is 33.2 Å². The van der Waals surface area contributed by atoms with E-state index in [4.69, 9.17) is 23.2 Å². The molecular formula is C18H12Cl2N2O. The number of carbonyl (C=O) groups is 1. The summed E-state index contributed by atoms with van der Waals surface area (Å²) in [4.78, 5) is 19.1. The van der Waals surface area contributed by atoms with E-state index in [2.05, 4.69) is 11.1 Å². The molecule has 2 heterocycles. The molecule has 0 fully saturated rings. The molecule has 0 saturated carbocycles. The number of anilines is 1. The van der Waals surface area contributed by atoms with Crippen LogP contribution in [0.5, 0.6) is 0 Å². The van der Waals surface area contributed by atoms with Gasteiger partial charge in [0.25, 0.3) is 5.91 Å². The van der Waals surface area contributed by atoms with Gasteiger partial charge in [0.05, 0.1) is 21.1 Å². The number of aromatic nitrogens is 1. The Bertz CT molecular complexity index is 939. The number of para-hydroxylation sites is 1. The summed E-state index contributed by atoms with van der Waals surface area (Å²) < 4.78 is 0. The number of hydrogen-bond donors (Lipinski definition) is 0. The summed E-state index contributed by atoms with van der Waals surface area (Å²) in [7, 11) is 0. The maximum absolute atomic E-state index is 12.8. The minimum Gasteiger partial charge on any atom is -0.292 e. The normalized spacial score (nSPS) is 13.4. The van der Waals surface area contributed by atoms with Crippen molar-refractivity contribution in [1.82, 2.24) is 4.98 Å². The minimum absolute atomic E-state index is 0.131. The summed E-state index contributed by atoms with van der Waals surface area (Å²) in [5, 5.41) is 2.02. The Morgan fingerprint density at radius 3 is 2.65 bits per heavy atom. The fourth-order valence-electron chi connectivity index (χ4n) is 2.93. The molecule has 1 aliphatic heterocycles. The lowest BCUT2D eigenvalue weighted by molar-refractivity contribution is 0.0989. The molecule has 5 heteroatoms. The van der Waals surface area contributed by atoms with Crippen molar-refractivity contribution >= 4 is 45.8 Å². The molecule has 0 radical (unpaired) electrons. The van der Waals surface area contributed by atoms with Crippen LogP contribution >= 0.6 is 23.2 Å². The molecule has 114 valence electrons. The van der Waals surface area contributed by atoms with Crippen LogP contribution in [-0.2, 0) is 6.42 Å². The van der Waals surface area contributed by atoms with Gasteiger partial charge >= 0.3 is 0 Å². The zero-order valence-corrected chi connectivity index (χ0v) is 13.6. The van der Waals surface area contributed by atoms with Gasteiger partial charge in [-0.05, 0) is 36.2 Å². The molecule has 0 atom stereocenters. The van der Waals surface area contributed by atoms with Crippen LogP contribution in [0.4, 0.5) is 5.82 Å². The number of hydrogen-bond acceptors (Lipinski definition) is 2. The third-order valence-corrected chi connectivity index (χ3v) is 4.70. The lowest BCUT2D eigenvalue weighted by atomic mass is 10.1. The SMILES string of the molecule is O=C(c1ccccc1Cl)N1CCc2cc3cccc(Cl)c3nc21. The molecule has 0 unspecified atom stereocenters. The van der Waals surface area contributed by atoms with Crippen LogP contribution in [-0.4, -0.2) is 17.4 Å². The van der Waals surface area contributed by atoms with Crippen molar-refractivity contribution in [1.29, 1.82) is 0 Å². The van der Waals surface area contributed by atoms with E-state index in [0.717, 1.165) is 17.4 Å². The van der Waals surface area contributed by atoms with Gasteiger partial charge in [-0.3, -0.25) is 9.69 Å². The molecule has 0 bridgehead atoms. The lowest BCUT2D eigenvalue weighted by Crippen LogP contribution is -2.29. The average molecular weight is 343 g/mol. The largest absolute Gasteiger partial charge is 0.292 e. The molecule has 0 N–H and O–H groups in total. The third kappa shape index (κ3) is 2.37. The second-order valence-electron chi connectivity index (χ2n) is 5.47. The molecule has 4 rings (SSSR count). The van der Waals surface area contributed by atoms with E-state index >= 15 is 0 Å². The summed E-state index contributed by atoms with van der Waals surface area (Å²) in [5.74, 6) is 0.545. The van der Waals surface area contributed by atoms with Crippen molar-refractivity contribution in [3.8, 4) is 0 Å². The van der Waals surface area contributed by atoms with Crippen LogP contribution in [0.3, 0.4) is 0 Å². The van der Waals surface area contributed by atoms with Gasteiger partial charge < -0.3 is 0 Å². The standard InChI is InChI=1S/C18H12Cl2N2O/c19-14-6-2-1-5-13(14)18(23)22-9-8-12-10-11-4-3-7-15(20)16(11)21-17(12)22/h1-7,10H,8-9H2. The van der Waals surface area contributed by atoms with Gasteiger partial charge in [-0.25, -0.2) is 4.98 Å². The first-order valence-electron chi connectivity index (χ1n) is 7.30. The smallest absolute Gasteiger partial charge is 0.260 e. The molecule has 3 nitrogen and oxygen atoms in total. The highest BCUT2D eigenvalue weighted by molar-refractivity contribution is 6.35. The van der Waals surface area contributed by atoms with Gasteiger partial charge in [0.15, 0.2) is 0 Å². The number of benzene rings is 2. The molecule has 0 aliphatic carbocycles. The third-order valence-electron chi connectivity index (χ3n) is 4.06. The predicted molar refractivity (Wildman–Crippen MR) is 93.6 cm³/mol. The molecule has 2 aromatic carbocycles. The van der Waals surface area contributed by atoms with Gasteiger partial charge in [-0.1, -0.05) is 47.5 Å². The Kier molecular flexibility index (Phi) is 3.47. The average Bonchev–Trinajstić information content (AvgIpc) is 2.96. The Balaban J connectivity index is 1.82. The summed E-state index contributed by atoms with van der Waals surface area (Å²) in [5.41, 5.74) is 2.26. The number of halogens is 2. The molecule has 3 aromatic rings. The highest BCUT2D eigenvalue weighted by Crippen LogP contribution is 2.33. The van der Waals surface area contributed by atoms with Crippen molar-refractivity contribution in [3.63, 3.8) is 0 Å². The summed E-state index contributed by atoms with van der Waals surface area (Å²) in [6.07, 6.45) is 0.779. The van der Waals surface area contributed by atoms with Crippen molar-refractivity contribution in [2.75, 3.05) is 11.4 Å².